The van der Waals surface area contributed by atoms with Crippen LogP contribution in [0.1, 0.15) is 11.1 Å². The molecule has 0 spiro atoms. The largest absolute Gasteiger partial charge is 0.248 e. The summed E-state index contributed by atoms with van der Waals surface area (Å²) < 4.78 is 15.9. The molecule has 0 unspecified atom stereocenters. The third-order valence-electron chi connectivity index (χ3n) is 4.54. The SMILES string of the molecule is Cc1ccc(-c2scc(-c3nc(-c4c(F)cccc4Cl)nn3C)c2C)cc1. The molecule has 136 valence electrons. The lowest BCUT2D eigenvalue weighted by Gasteiger charge is -2.03. The number of aromatic nitrogens is 3. The molecule has 2 aromatic heterocycles. The Labute approximate surface area is 166 Å². The molecule has 27 heavy (non-hydrogen) atoms. The van der Waals surface area contributed by atoms with Gasteiger partial charge in [0.25, 0.3) is 0 Å². The van der Waals surface area contributed by atoms with Crippen LogP contribution in [0.25, 0.3) is 33.2 Å². The second kappa shape index (κ2) is 6.91. The van der Waals surface area contributed by atoms with E-state index in [1.807, 2.05) is 7.05 Å². The zero-order valence-electron chi connectivity index (χ0n) is 15.1. The monoisotopic (exact) mass is 397 g/mol. The van der Waals surface area contributed by atoms with Crippen LogP contribution in [0, 0.1) is 19.7 Å². The number of aryl methyl sites for hydroxylation is 2. The van der Waals surface area contributed by atoms with Crippen LogP contribution in [-0.2, 0) is 7.05 Å². The van der Waals surface area contributed by atoms with Crippen LogP contribution >= 0.6 is 22.9 Å². The molecule has 0 aliphatic heterocycles. The highest BCUT2D eigenvalue weighted by Gasteiger charge is 2.20. The summed E-state index contributed by atoms with van der Waals surface area (Å²) in [6.45, 7) is 4.15. The summed E-state index contributed by atoms with van der Waals surface area (Å²) in [5.74, 6) is 0.552. The van der Waals surface area contributed by atoms with Crippen molar-refractivity contribution in [1.29, 1.82) is 0 Å². The van der Waals surface area contributed by atoms with Crippen molar-refractivity contribution in [2.45, 2.75) is 13.8 Å². The Bertz CT molecular complexity index is 1110. The second-order valence-corrected chi connectivity index (χ2v) is 7.74. The van der Waals surface area contributed by atoms with Crippen molar-refractivity contribution in [2.75, 3.05) is 0 Å². The normalized spacial score (nSPS) is 11.1. The Morgan fingerprint density at radius 3 is 2.52 bits per heavy atom. The van der Waals surface area contributed by atoms with Gasteiger partial charge in [0, 0.05) is 22.9 Å². The smallest absolute Gasteiger partial charge is 0.186 e. The molecule has 0 amide bonds. The van der Waals surface area contributed by atoms with Crippen molar-refractivity contribution in [2.24, 2.45) is 7.05 Å². The third kappa shape index (κ3) is 3.17. The molecule has 0 atom stereocenters. The Morgan fingerprint density at radius 2 is 1.81 bits per heavy atom. The maximum absolute atomic E-state index is 14.2. The molecule has 2 heterocycles. The molecular weight excluding hydrogens is 381 g/mol. The highest BCUT2D eigenvalue weighted by molar-refractivity contribution is 7.14. The van der Waals surface area contributed by atoms with E-state index in [1.54, 1.807) is 28.2 Å². The van der Waals surface area contributed by atoms with E-state index in [0.717, 1.165) is 11.1 Å². The van der Waals surface area contributed by atoms with Crippen molar-refractivity contribution in [3.8, 4) is 33.2 Å². The average Bonchev–Trinajstić information content (AvgIpc) is 3.18. The molecule has 0 aliphatic rings. The summed E-state index contributed by atoms with van der Waals surface area (Å²) in [6, 6.07) is 13.0. The van der Waals surface area contributed by atoms with E-state index in [1.165, 1.54) is 22.1 Å². The first-order valence-electron chi connectivity index (χ1n) is 8.46. The molecule has 0 fully saturated rings. The first-order chi connectivity index (χ1) is 13.0. The predicted octanol–water partition coefficient (Wildman–Crippen LogP) is 6.29. The van der Waals surface area contributed by atoms with E-state index in [2.05, 4.69) is 53.6 Å². The van der Waals surface area contributed by atoms with Crippen molar-refractivity contribution in [3.05, 3.63) is 69.8 Å². The minimum atomic E-state index is -0.429. The first-order valence-corrected chi connectivity index (χ1v) is 9.72. The number of hydrogen-bond donors (Lipinski definition) is 0. The summed E-state index contributed by atoms with van der Waals surface area (Å²) in [5.41, 5.74) is 4.75. The fraction of sp³-hybridized carbons (Fsp3) is 0.143. The number of rotatable bonds is 3. The van der Waals surface area contributed by atoms with E-state index >= 15 is 0 Å². The lowest BCUT2D eigenvalue weighted by atomic mass is 10.1. The molecule has 4 rings (SSSR count). The van der Waals surface area contributed by atoms with Gasteiger partial charge in [-0.25, -0.2) is 14.1 Å². The van der Waals surface area contributed by atoms with Gasteiger partial charge in [0.2, 0.25) is 0 Å². The van der Waals surface area contributed by atoms with E-state index in [9.17, 15) is 4.39 Å². The number of hydrogen-bond acceptors (Lipinski definition) is 3. The number of halogens is 2. The first kappa shape index (κ1) is 17.9. The molecule has 6 heteroatoms. The van der Waals surface area contributed by atoms with Crippen molar-refractivity contribution < 1.29 is 4.39 Å². The van der Waals surface area contributed by atoms with Gasteiger partial charge >= 0.3 is 0 Å². The Balaban J connectivity index is 1.80. The molecule has 3 nitrogen and oxygen atoms in total. The zero-order valence-corrected chi connectivity index (χ0v) is 16.7. The number of benzene rings is 2. The highest BCUT2D eigenvalue weighted by Crippen LogP contribution is 2.38. The van der Waals surface area contributed by atoms with E-state index in [4.69, 9.17) is 11.6 Å². The Morgan fingerprint density at radius 1 is 1.07 bits per heavy atom. The molecular formula is C21H17ClFN3S. The molecule has 4 aromatic rings. The average molecular weight is 398 g/mol. The summed E-state index contributed by atoms with van der Waals surface area (Å²) in [4.78, 5) is 5.78. The standard InChI is InChI=1S/C21H17ClFN3S/c1-12-7-9-14(10-8-12)19-13(2)15(11-27-19)21-24-20(25-26(21)3)18-16(22)5-4-6-17(18)23/h4-11H,1-3H3. The van der Waals surface area contributed by atoms with Crippen LogP contribution in [-0.4, -0.2) is 14.8 Å². The van der Waals surface area contributed by atoms with Crippen LogP contribution in [0.4, 0.5) is 4.39 Å². The van der Waals surface area contributed by atoms with E-state index < -0.39 is 5.82 Å². The summed E-state index contributed by atoms with van der Waals surface area (Å²) in [6.07, 6.45) is 0. The Hall–Kier alpha value is -2.50. The van der Waals surface area contributed by atoms with Gasteiger partial charge in [0.05, 0.1) is 10.6 Å². The maximum Gasteiger partial charge on any atom is 0.186 e. The number of thiophene rings is 1. The van der Waals surface area contributed by atoms with Gasteiger partial charge in [0.1, 0.15) is 5.82 Å². The molecule has 0 saturated heterocycles. The molecule has 0 aliphatic carbocycles. The van der Waals surface area contributed by atoms with Crippen LogP contribution in [0.2, 0.25) is 5.02 Å². The lowest BCUT2D eigenvalue weighted by molar-refractivity contribution is 0.629. The lowest BCUT2D eigenvalue weighted by Crippen LogP contribution is -1.95. The fourth-order valence-electron chi connectivity index (χ4n) is 3.06. The van der Waals surface area contributed by atoms with Gasteiger partial charge in [-0.2, -0.15) is 5.10 Å². The number of nitrogens with zero attached hydrogens (tertiary/aromatic N) is 3. The van der Waals surface area contributed by atoms with E-state index in [0.29, 0.717) is 10.8 Å². The summed E-state index contributed by atoms with van der Waals surface area (Å²) in [5, 5.41) is 6.77. The second-order valence-electron chi connectivity index (χ2n) is 6.45. The maximum atomic E-state index is 14.2. The van der Waals surface area contributed by atoms with Gasteiger partial charge in [-0.15, -0.1) is 11.3 Å². The van der Waals surface area contributed by atoms with Crippen LogP contribution < -0.4 is 0 Å². The predicted molar refractivity (Wildman–Crippen MR) is 110 cm³/mol. The van der Waals surface area contributed by atoms with Gasteiger partial charge in [-0.1, -0.05) is 47.5 Å². The Kier molecular flexibility index (Phi) is 4.58. The zero-order chi connectivity index (χ0) is 19.1. The van der Waals surface area contributed by atoms with Gasteiger partial charge in [-0.05, 0) is 37.1 Å². The topological polar surface area (TPSA) is 30.7 Å². The quantitative estimate of drug-likeness (QED) is 0.407. The van der Waals surface area contributed by atoms with Crippen molar-refractivity contribution in [1.82, 2.24) is 14.8 Å². The highest BCUT2D eigenvalue weighted by atomic mass is 35.5. The minimum absolute atomic E-state index is 0.229. The molecule has 0 bridgehead atoms. The van der Waals surface area contributed by atoms with E-state index in [-0.39, 0.29) is 11.4 Å². The van der Waals surface area contributed by atoms with Crippen LogP contribution in [0.15, 0.2) is 47.8 Å². The van der Waals surface area contributed by atoms with Crippen LogP contribution in [0.5, 0.6) is 0 Å². The van der Waals surface area contributed by atoms with Crippen molar-refractivity contribution in [3.63, 3.8) is 0 Å². The van der Waals surface area contributed by atoms with Crippen molar-refractivity contribution >= 4 is 22.9 Å². The van der Waals surface area contributed by atoms with Crippen LogP contribution in [0.3, 0.4) is 0 Å². The molecule has 0 saturated carbocycles. The molecule has 0 radical (unpaired) electrons. The summed E-state index contributed by atoms with van der Waals surface area (Å²) >= 11 is 7.84. The molecule has 0 N–H and O–H groups in total. The van der Waals surface area contributed by atoms with Gasteiger partial charge in [0.15, 0.2) is 11.6 Å². The summed E-state index contributed by atoms with van der Waals surface area (Å²) in [7, 11) is 1.81. The van der Waals surface area contributed by atoms with Gasteiger partial charge in [-0.3, -0.25) is 0 Å². The third-order valence-corrected chi connectivity index (χ3v) is 5.99. The minimum Gasteiger partial charge on any atom is -0.248 e. The van der Waals surface area contributed by atoms with Gasteiger partial charge < -0.3 is 0 Å². The fourth-order valence-corrected chi connectivity index (χ4v) is 4.39. The molecule has 2 aromatic carbocycles.